The van der Waals surface area contributed by atoms with E-state index in [9.17, 15) is 4.79 Å². The van der Waals surface area contributed by atoms with Crippen LogP contribution >= 0.6 is 34.5 Å². The van der Waals surface area contributed by atoms with Crippen LogP contribution in [0.3, 0.4) is 0 Å². The molecule has 0 aliphatic rings. The summed E-state index contributed by atoms with van der Waals surface area (Å²) in [6.45, 7) is 0. The molecule has 86 valence electrons. The Labute approximate surface area is 113 Å². The number of benzene rings is 1. The minimum Gasteiger partial charge on any atom is -0.288 e. The zero-order chi connectivity index (χ0) is 12.3. The minimum atomic E-state index is -0.0454. The lowest BCUT2D eigenvalue weighted by atomic mass is 10.2. The quantitative estimate of drug-likeness (QED) is 0.575. The molecule has 0 fully saturated rings. The molecule has 2 rings (SSSR count). The first-order valence-electron chi connectivity index (χ1n) is 4.88. The summed E-state index contributed by atoms with van der Waals surface area (Å²) in [5.41, 5.74) is 0.667. The number of carbonyl (C=O) groups excluding carboxylic acids is 1. The number of hydrogen-bond donors (Lipinski definition) is 0. The third kappa shape index (κ3) is 2.97. The Hall–Kier alpha value is -1.09. The van der Waals surface area contributed by atoms with Gasteiger partial charge in [0.25, 0.3) is 0 Å². The van der Waals surface area contributed by atoms with Crippen molar-refractivity contribution < 1.29 is 4.79 Å². The van der Waals surface area contributed by atoms with Crippen molar-refractivity contribution in [2.24, 2.45) is 0 Å². The van der Waals surface area contributed by atoms with Gasteiger partial charge in [-0.3, -0.25) is 4.79 Å². The lowest BCUT2D eigenvalue weighted by Gasteiger charge is -2.00. The van der Waals surface area contributed by atoms with Crippen LogP contribution in [0.4, 0.5) is 0 Å². The number of halogens is 2. The molecule has 0 saturated heterocycles. The van der Waals surface area contributed by atoms with E-state index in [-0.39, 0.29) is 5.78 Å². The molecule has 0 spiro atoms. The zero-order valence-electron chi connectivity index (χ0n) is 8.69. The summed E-state index contributed by atoms with van der Waals surface area (Å²) in [7, 11) is 0. The molecule has 0 aliphatic carbocycles. The highest BCUT2D eigenvalue weighted by atomic mass is 35.5. The van der Waals surface area contributed by atoms with Gasteiger partial charge in [-0.25, -0.2) is 0 Å². The molecule has 2 aromatic rings. The van der Waals surface area contributed by atoms with Crippen molar-refractivity contribution >= 4 is 46.4 Å². The molecule has 1 aromatic heterocycles. The molecule has 0 unspecified atom stereocenters. The van der Waals surface area contributed by atoms with E-state index in [4.69, 9.17) is 23.2 Å². The summed E-state index contributed by atoms with van der Waals surface area (Å²) in [6.07, 6.45) is 3.13. The van der Waals surface area contributed by atoms with Gasteiger partial charge in [0.2, 0.25) is 0 Å². The first kappa shape index (κ1) is 12.4. The molecule has 17 heavy (non-hydrogen) atoms. The highest BCUT2D eigenvalue weighted by Crippen LogP contribution is 2.25. The molecule has 1 nitrogen and oxygen atoms in total. The molecule has 0 aliphatic heterocycles. The molecule has 0 atom stereocenters. The molecule has 1 heterocycles. The van der Waals surface area contributed by atoms with Crippen molar-refractivity contribution in [2.45, 2.75) is 0 Å². The van der Waals surface area contributed by atoms with Crippen molar-refractivity contribution in [3.8, 4) is 0 Å². The van der Waals surface area contributed by atoms with Crippen LogP contribution in [-0.2, 0) is 0 Å². The van der Waals surface area contributed by atoms with Gasteiger partial charge in [0.05, 0.1) is 4.88 Å². The van der Waals surface area contributed by atoms with Crippen LogP contribution in [0.25, 0.3) is 6.08 Å². The predicted octanol–water partition coefficient (Wildman–Crippen LogP) is 4.95. The second kappa shape index (κ2) is 5.50. The van der Waals surface area contributed by atoms with Crippen molar-refractivity contribution in [1.29, 1.82) is 0 Å². The van der Waals surface area contributed by atoms with E-state index in [0.717, 1.165) is 0 Å². The molecule has 4 heteroatoms. The van der Waals surface area contributed by atoms with E-state index < -0.39 is 0 Å². The molecule has 0 radical (unpaired) electrons. The van der Waals surface area contributed by atoms with Crippen molar-refractivity contribution in [2.75, 3.05) is 0 Å². The van der Waals surface area contributed by atoms with Gasteiger partial charge in [-0.2, -0.15) is 0 Å². The van der Waals surface area contributed by atoms with Crippen LogP contribution in [0.1, 0.15) is 15.2 Å². The number of rotatable bonds is 3. The van der Waals surface area contributed by atoms with Crippen LogP contribution in [0.2, 0.25) is 10.0 Å². The first-order valence-corrected chi connectivity index (χ1v) is 6.52. The molecular formula is C13H8Cl2OS. The summed E-state index contributed by atoms with van der Waals surface area (Å²) in [5, 5.41) is 2.93. The second-order valence-electron chi connectivity index (χ2n) is 3.31. The standard InChI is InChI=1S/C13H8Cl2OS/c14-10-3-1-4-11(15)9(10)6-7-12(16)13-5-2-8-17-13/h1-8H/b7-6+. The van der Waals surface area contributed by atoms with E-state index in [1.165, 1.54) is 17.4 Å². The van der Waals surface area contributed by atoms with Gasteiger partial charge in [0, 0.05) is 15.6 Å². The Balaban J connectivity index is 2.24. The Morgan fingerprint density at radius 1 is 1.12 bits per heavy atom. The third-order valence-electron chi connectivity index (χ3n) is 2.17. The Bertz CT molecular complexity index is 539. The Kier molecular flexibility index (Phi) is 4.00. The van der Waals surface area contributed by atoms with E-state index in [0.29, 0.717) is 20.5 Å². The zero-order valence-corrected chi connectivity index (χ0v) is 11.0. The summed E-state index contributed by atoms with van der Waals surface area (Å²) in [5.74, 6) is -0.0454. The summed E-state index contributed by atoms with van der Waals surface area (Å²) >= 11 is 13.4. The number of hydrogen-bond acceptors (Lipinski definition) is 2. The van der Waals surface area contributed by atoms with Gasteiger partial charge in [0.1, 0.15) is 0 Å². The fourth-order valence-electron chi connectivity index (χ4n) is 1.33. The molecule has 0 bridgehead atoms. The molecule has 0 N–H and O–H groups in total. The second-order valence-corrected chi connectivity index (χ2v) is 5.07. The van der Waals surface area contributed by atoms with Crippen LogP contribution in [-0.4, -0.2) is 5.78 Å². The smallest absolute Gasteiger partial charge is 0.195 e. The lowest BCUT2D eigenvalue weighted by Crippen LogP contribution is -1.89. The van der Waals surface area contributed by atoms with Crippen molar-refractivity contribution in [3.05, 3.63) is 62.3 Å². The van der Waals surface area contributed by atoms with Crippen LogP contribution in [0, 0.1) is 0 Å². The summed E-state index contributed by atoms with van der Waals surface area (Å²) in [6, 6.07) is 8.87. The van der Waals surface area contributed by atoms with E-state index in [1.54, 1.807) is 30.3 Å². The summed E-state index contributed by atoms with van der Waals surface area (Å²) in [4.78, 5) is 12.4. The fourth-order valence-corrected chi connectivity index (χ4v) is 2.50. The topological polar surface area (TPSA) is 17.1 Å². The molecule has 0 saturated carbocycles. The SMILES string of the molecule is O=C(/C=C/c1c(Cl)cccc1Cl)c1cccs1. The van der Waals surface area contributed by atoms with Gasteiger partial charge in [-0.05, 0) is 35.7 Å². The predicted molar refractivity (Wildman–Crippen MR) is 74.1 cm³/mol. The average Bonchev–Trinajstić information content (AvgIpc) is 2.81. The maximum absolute atomic E-state index is 11.7. The van der Waals surface area contributed by atoms with Crippen LogP contribution in [0.5, 0.6) is 0 Å². The van der Waals surface area contributed by atoms with Gasteiger partial charge in [0.15, 0.2) is 5.78 Å². The normalized spacial score (nSPS) is 10.9. The number of allylic oxidation sites excluding steroid dienone is 1. The number of thiophene rings is 1. The highest BCUT2D eigenvalue weighted by molar-refractivity contribution is 7.12. The fraction of sp³-hybridized carbons (Fsp3) is 0. The van der Waals surface area contributed by atoms with Crippen molar-refractivity contribution in [1.82, 2.24) is 0 Å². The maximum atomic E-state index is 11.7. The Morgan fingerprint density at radius 3 is 2.41 bits per heavy atom. The van der Waals surface area contributed by atoms with E-state index in [2.05, 4.69) is 0 Å². The lowest BCUT2D eigenvalue weighted by molar-refractivity contribution is 0.105. The number of ketones is 1. The van der Waals surface area contributed by atoms with Crippen molar-refractivity contribution in [3.63, 3.8) is 0 Å². The van der Waals surface area contributed by atoms with Crippen LogP contribution in [0.15, 0.2) is 41.8 Å². The van der Waals surface area contributed by atoms with Gasteiger partial charge >= 0.3 is 0 Å². The monoisotopic (exact) mass is 282 g/mol. The Morgan fingerprint density at radius 2 is 1.82 bits per heavy atom. The van der Waals surface area contributed by atoms with E-state index in [1.807, 2.05) is 11.4 Å². The van der Waals surface area contributed by atoms with Gasteiger partial charge in [-0.15, -0.1) is 11.3 Å². The molecular weight excluding hydrogens is 275 g/mol. The average molecular weight is 283 g/mol. The minimum absolute atomic E-state index is 0.0454. The van der Waals surface area contributed by atoms with Gasteiger partial charge < -0.3 is 0 Å². The van der Waals surface area contributed by atoms with Crippen LogP contribution < -0.4 is 0 Å². The van der Waals surface area contributed by atoms with Gasteiger partial charge in [-0.1, -0.05) is 35.3 Å². The summed E-state index contributed by atoms with van der Waals surface area (Å²) < 4.78 is 0. The maximum Gasteiger partial charge on any atom is 0.195 e. The third-order valence-corrected chi connectivity index (χ3v) is 3.71. The first-order chi connectivity index (χ1) is 8.18. The molecule has 1 aromatic carbocycles. The number of carbonyl (C=O) groups is 1. The molecule has 0 amide bonds. The van der Waals surface area contributed by atoms with E-state index >= 15 is 0 Å². The largest absolute Gasteiger partial charge is 0.288 e. The highest BCUT2D eigenvalue weighted by Gasteiger charge is 2.04.